The number of piperidine rings is 1. The third kappa shape index (κ3) is 10.6. The summed E-state index contributed by atoms with van der Waals surface area (Å²) in [6.07, 6.45) is 6.78. The van der Waals surface area contributed by atoms with E-state index in [1.54, 1.807) is 18.3 Å². The van der Waals surface area contributed by atoms with Crippen LogP contribution in [-0.2, 0) is 24.6 Å². The molecule has 0 bridgehead atoms. The second kappa shape index (κ2) is 20.0. The first kappa shape index (κ1) is 40.4. The van der Waals surface area contributed by atoms with E-state index in [9.17, 15) is 20.6 Å². The molecule has 2 heterocycles. The third-order valence-electron chi connectivity index (χ3n) is 8.90. The Morgan fingerprint density at radius 2 is 1.54 bits per heavy atom. The van der Waals surface area contributed by atoms with E-state index in [1.807, 2.05) is 49.4 Å². The fourth-order valence-corrected chi connectivity index (χ4v) is 6.25. The molecule has 0 unspecified atom stereocenters. The van der Waals surface area contributed by atoms with E-state index in [1.165, 1.54) is 12.6 Å². The molecule has 4 aromatic rings. The fourth-order valence-electron chi connectivity index (χ4n) is 5.73. The topological polar surface area (TPSA) is 166 Å². The first-order chi connectivity index (χ1) is 25.2. The number of rotatable bonds is 15. The molecule has 11 nitrogen and oxygen atoms in total. The van der Waals surface area contributed by atoms with Gasteiger partial charge in [0.25, 0.3) is 6.47 Å². The molecular formula is C39H43Cl2N3O8. The zero-order chi connectivity index (χ0) is 37.5. The van der Waals surface area contributed by atoms with Crippen LogP contribution in [-0.4, -0.2) is 76.3 Å². The van der Waals surface area contributed by atoms with Gasteiger partial charge in [-0.25, -0.2) is 0 Å². The van der Waals surface area contributed by atoms with E-state index >= 15 is 0 Å². The molecule has 1 fully saturated rings. The number of likely N-dealkylation sites (tertiary alicyclic amines) is 1. The normalized spacial score (nSPS) is 13.0. The molecule has 5 rings (SSSR count). The Balaban J connectivity index is 0.00000195. The van der Waals surface area contributed by atoms with Crippen molar-refractivity contribution in [3.8, 4) is 34.4 Å². The van der Waals surface area contributed by atoms with Crippen molar-refractivity contribution < 1.29 is 39.4 Å². The SMILES string of the molecule is Cc1c(COc2cc(OCc3cncc(C#N)c3)c(CN3CCCCC3)cc2Cl)cccc1-c1cccc(OCC(CO)(CO)CO)c1Cl.O=CO. The number of hydrogen-bond acceptors (Lipinski definition) is 10. The van der Waals surface area contributed by atoms with Crippen LogP contribution in [0.4, 0.5) is 0 Å². The fraction of sp³-hybridized carbons (Fsp3) is 0.359. The minimum absolute atomic E-state index is 0.112. The maximum Gasteiger partial charge on any atom is 0.290 e. The number of aliphatic hydroxyl groups is 3. The Labute approximate surface area is 313 Å². The first-order valence-corrected chi connectivity index (χ1v) is 17.5. The van der Waals surface area contributed by atoms with Crippen molar-refractivity contribution in [2.24, 2.45) is 5.41 Å². The maximum atomic E-state index is 9.69. The quantitative estimate of drug-likeness (QED) is 0.0991. The molecule has 1 aromatic heterocycles. The van der Waals surface area contributed by atoms with Crippen LogP contribution in [0.3, 0.4) is 0 Å². The van der Waals surface area contributed by atoms with Crippen LogP contribution in [0.25, 0.3) is 11.1 Å². The monoisotopic (exact) mass is 751 g/mol. The van der Waals surface area contributed by atoms with Crippen molar-refractivity contribution in [3.05, 3.63) is 105 Å². The number of halogens is 2. The van der Waals surface area contributed by atoms with Crippen molar-refractivity contribution in [1.82, 2.24) is 9.88 Å². The van der Waals surface area contributed by atoms with Crippen molar-refractivity contribution in [3.63, 3.8) is 0 Å². The minimum Gasteiger partial charge on any atom is -0.491 e. The zero-order valence-corrected chi connectivity index (χ0v) is 30.4. The van der Waals surface area contributed by atoms with Gasteiger partial charge in [0.1, 0.15) is 43.1 Å². The summed E-state index contributed by atoms with van der Waals surface area (Å²) in [6.45, 7) is 3.53. The predicted octanol–water partition coefficient (Wildman–Crippen LogP) is 6.42. The lowest BCUT2D eigenvalue weighted by atomic mass is 9.92. The Kier molecular flexibility index (Phi) is 15.5. The average Bonchev–Trinajstić information content (AvgIpc) is 3.17. The van der Waals surface area contributed by atoms with Crippen molar-refractivity contribution in [2.75, 3.05) is 39.5 Å². The molecule has 0 radical (unpaired) electrons. The van der Waals surface area contributed by atoms with Crippen LogP contribution in [0.15, 0.2) is 67.0 Å². The second-order valence-corrected chi connectivity index (χ2v) is 13.4. The number of carbonyl (C=O) groups is 1. The number of aromatic nitrogens is 1. The van der Waals surface area contributed by atoms with Gasteiger partial charge in [-0.3, -0.25) is 14.7 Å². The van der Waals surface area contributed by atoms with Crippen LogP contribution in [0, 0.1) is 23.7 Å². The molecule has 0 amide bonds. The lowest BCUT2D eigenvalue weighted by molar-refractivity contribution is -0.122. The summed E-state index contributed by atoms with van der Waals surface area (Å²) in [6, 6.07) is 18.9. The molecule has 0 atom stereocenters. The Hall–Kier alpha value is -4.41. The van der Waals surface area contributed by atoms with Gasteiger partial charge in [-0.15, -0.1) is 0 Å². The van der Waals surface area contributed by atoms with Crippen LogP contribution in [0.2, 0.25) is 10.0 Å². The Morgan fingerprint density at radius 1 is 0.865 bits per heavy atom. The van der Waals surface area contributed by atoms with E-state index in [-0.39, 0.29) is 26.3 Å². The standard InChI is InChI=1S/C38H41Cl2N3O6.CH2O2/c1-26-29(7-5-8-31(26)32-9-6-10-34(37(32)40)49-25-38(22-44,23-45)24-46)21-48-36-15-35(47-20-28-13-27(16-41)17-42-18-28)30(14-33(36)39)19-43-11-3-2-4-12-43;2-1-3/h5-10,13-15,17-18,44-46H,2-4,11-12,19-25H2,1H3;1H,(H,2,3). The summed E-state index contributed by atoms with van der Waals surface area (Å²) in [4.78, 5) is 14.9. The Bertz CT molecular complexity index is 1820. The molecule has 1 saturated heterocycles. The highest BCUT2D eigenvalue weighted by Crippen LogP contribution is 2.39. The number of aliphatic hydroxyl groups excluding tert-OH is 3. The number of nitriles is 1. The van der Waals surface area contributed by atoms with E-state index in [0.29, 0.717) is 39.4 Å². The zero-order valence-electron chi connectivity index (χ0n) is 28.9. The number of carboxylic acid groups (broad SMARTS) is 1. The predicted molar refractivity (Wildman–Crippen MR) is 198 cm³/mol. The highest BCUT2D eigenvalue weighted by Gasteiger charge is 2.30. The largest absolute Gasteiger partial charge is 0.491 e. The van der Waals surface area contributed by atoms with E-state index < -0.39 is 25.2 Å². The lowest BCUT2D eigenvalue weighted by Gasteiger charge is -2.27. The summed E-state index contributed by atoms with van der Waals surface area (Å²) >= 11 is 13.6. The summed E-state index contributed by atoms with van der Waals surface area (Å²) in [7, 11) is 0. The van der Waals surface area contributed by atoms with Gasteiger partial charge in [-0.2, -0.15) is 5.26 Å². The molecule has 1 aliphatic rings. The molecule has 52 heavy (non-hydrogen) atoms. The molecule has 3 aromatic carbocycles. The number of ether oxygens (including phenoxy) is 3. The summed E-state index contributed by atoms with van der Waals surface area (Å²) in [5.74, 6) is 1.52. The molecule has 0 saturated carbocycles. The highest BCUT2D eigenvalue weighted by atomic mass is 35.5. The van der Waals surface area contributed by atoms with Crippen LogP contribution >= 0.6 is 23.2 Å². The third-order valence-corrected chi connectivity index (χ3v) is 9.58. The summed E-state index contributed by atoms with van der Waals surface area (Å²) < 4.78 is 18.5. The second-order valence-electron chi connectivity index (χ2n) is 12.6. The van der Waals surface area contributed by atoms with Crippen LogP contribution < -0.4 is 14.2 Å². The van der Waals surface area contributed by atoms with Gasteiger partial charge in [0.15, 0.2) is 0 Å². The van der Waals surface area contributed by atoms with Crippen LogP contribution in [0.5, 0.6) is 17.2 Å². The molecule has 0 spiro atoms. The summed E-state index contributed by atoms with van der Waals surface area (Å²) in [5.41, 5.74) is 4.54. The van der Waals surface area contributed by atoms with Gasteiger partial charge in [0, 0.05) is 41.7 Å². The van der Waals surface area contributed by atoms with E-state index in [0.717, 1.165) is 59.3 Å². The number of benzene rings is 3. The van der Waals surface area contributed by atoms with Gasteiger partial charge in [0.2, 0.25) is 0 Å². The average molecular weight is 753 g/mol. The maximum absolute atomic E-state index is 9.69. The number of pyridine rings is 1. The first-order valence-electron chi connectivity index (χ1n) is 16.8. The van der Waals surface area contributed by atoms with Gasteiger partial charge < -0.3 is 34.6 Å². The van der Waals surface area contributed by atoms with Crippen molar-refractivity contribution >= 4 is 29.7 Å². The van der Waals surface area contributed by atoms with Crippen LogP contribution in [0.1, 0.15) is 47.1 Å². The Morgan fingerprint density at radius 3 is 2.23 bits per heavy atom. The lowest BCUT2D eigenvalue weighted by Crippen LogP contribution is -2.39. The summed E-state index contributed by atoms with van der Waals surface area (Å²) in [5, 5.41) is 46.1. The molecule has 0 aliphatic carbocycles. The smallest absolute Gasteiger partial charge is 0.290 e. The molecule has 1 aliphatic heterocycles. The molecular weight excluding hydrogens is 709 g/mol. The number of hydrogen-bond donors (Lipinski definition) is 4. The highest BCUT2D eigenvalue weighted by molar-refractivity contribution is 6.35. The van der Waals surface area contributed by atoms with E-state index in [2.05, 4.69) is 16.0 Å². The van der Waals surface area contributed by atoms with Gasteiger partial charge >= 0.3 is 0 Å². The van der Waals surface area contributed by atoms with Gasteiger partial charge in [0.05, 0.1) is 40.8 Å². The molecule has 13 heteroatoms. The van der Waals surface area contributed by atoms with Crippen molar-refractivity contribution in [2.45, 2.75) is 45.9 Å². The van der Waals surface area contributed by atoms with E-state index in [4.69, 9.17) is 47.3 Å². The molecule has 4 N–H and O–H groups in total. The van der Waals surface area contributed by atoms with Gasteiger partial charge in [-0.1, -0.05) is 60.0 Å². The van der Waals surface area contributed by atoms with Gasteiger partial charge in [-0.05, 0) is 67.7 Å². The van der Waals surface area contributed by atoms with Crippen molar-refractivity contribution in [1.29, 1.82) is 5.26 Å². The molecule has 276 valence electrons. The minimum atomic E-state index is -1.19. The number of nitrogens with zero attached hydrogens (tertiary/aromatic N) is 3.